The number of nitrogens with two attached hydrogens (primary N) is 1. The van der Waals surface area contributed by atoms with Crippen molar-refractivity contribution in [2.75, 3.05) is 37.9 Å². The van der Waals surface area contributed by atoms with Gasteiger partial charge >= 0.3 is 0 Å². The van der Waals surface area contributed by atoms with Gasteiger partial charge in [-0.15, -0.1) is 0 Å². The number of benzene rings is 1. The summed E-state index contributed by atoms with van der Waals surface area (Å²) in [6.07, 6.45) is 2.54. The van der Waals surface area contributed by atoms with E-state index in [0.29, 0.717) is 24.5 Å². The van der Waals surface area contributed by atoms with Crippen molar-refractivity contribution in [3.05, 3.63) is 18.2 Å². The highest BCUT2D eigenvalue weighted by Gasteiger charge is 2.20. The van der Waals surface area contributed by atoms with Crippen LogP contribution in [0, 0.1) is 5.92 Å². The molecule has 0 spiro atoms. The van der Waals surface area contributed by atoms with Gasteiger partial charge in [-0.1, -0.05) is 0 Å². The number of ether oxygens (including phenoxy) is 1. The minimum absolute atomic E-state index is 0.190. The SMILES string of the molecule is CNS(=O)(=O)c1ccc(N)c(NCCOCC2CC2)c1. The molecule has 1 fully saturated rings. The molecule has 2 rings (SSSR count). The third-order valence-corrected chi connectivity index (χ3v) is 4.63. The van der Waals surface area contributed by atoms with E-state index in [1.807, 2.05) is 0 Å². The molecule has 7 heteroatoms. The Morgan fingerprint density at radius 3 is 2.80 bits per heavy atom. The van der Waals surface area contributed by atoms with Gasteiger partial charge in [0.1, 0.15) is 0 Å². The molecule has 1 saturated carbocycles. The standard InChI is InChI=1S/C13H21N3O3S/c1-15-20(17,18)11-4-5-12(14)13(8-11)16-6-7-19-9-10-2-3-10/h4-5,8,10,15-16H,2-3,6-7,9,14H2,1H3. The average Bonchev–Trinajstić information content (AvgIpc) is 3.24. The van der Waals surface area contributed by atoms with E-state index >= 15 is 0 Å². The van der Waals surface area contributed by atoms with E-state index in [1.165, 1.54) is 32.0 Å². The summed E-state index contributed by atoms with van der Waals surface area (Å²) < 4.78 is 31.2. The third-order valence-electron chi connectivity index (χ3n) is 3.22. The molecule has 0 saturated heterocycles. The second-order valence-corrected chi connectivity index (χ2v) is 6.79. The number of hydrogen-bond acceptors (Lipinski definition) is 5. The lowest BCUT2D eigenvalue weighted by atomic mass is 10.2. The fourth-order valence-electron chi connectivity index (χ4n) is 1.77. The van der Waals surface area contributed by atoms with Gasteiger partial charge in [0.25, 0.3) is 0 Å². The predicted octanol–water partition coefficient (Wildman–Crippen LogP) is 1.02. The van der Waals surface area contributed by atoms with Gasteiger partial charge in [0.15, 0.2) is 0 Å². The van der Waals surface area contributed by atoms with Crippen LogP contribution < -0.4 is 15.8 Å². The number of rotatable bonds is 8. The minimum Gasteiger partial charge on any atom is -0.397 e. The van der Waals surface area contributed by atoms with Crippen molar-refractivity contribution in [3.63, 3.8) is 0 Å². The molecule has 0 heterocycles. The van der Waals surface area contributed by atoms with Crippen LogP contribution in [0.25, 0.3) is 0 Å². The molecule has 1 aromatic carbocycles. The Labute approximate surface area is 119 Å². The van der Waals surface area contributed by atoms with E-state index in [4.69, 9.17) is 10.5 Å². The number of sulfonamides is 1. The lowest BCUT2D eigenvalue weighted by Gasteiger charge is -2.11. The van der Waals surface area contributed by atoms with Crippen LogP contribution in [-0.2, 0) is 14.8 Å². The third kappa shape index (κ3) is 4.09. The monoisotopic (exact) mass is 299 g/mol. The minimum atomic E-state index is -3.45. The first-order chi connectivity index (χ1) is 9.53. The zero-order valence-electron chi connectivity index (χ0n) is 11.6. The molecule has 0 radical (unpaired) electrons. The molecular weight excluding hydrogens is 278 g/mol. The van der Waals surface area contributed by atoms with Gasteiger partial charge < -0.3 is 15.8 Å². The lowest BCUT2D eigenvalue weighted by molar-refractivity contribution is 0.134. The van der Waals surface area contributed by atoms with Crippen LogP contribution in [-0.4, -0.2) is 35.2 Å². The highest BCUT2D eigenvalue weighted by molar-refractivity contribution is 7.89. The van der Waals surface area contributed by atoms with Crippen LogP contribution in [0.5, 0.6) is 0 Å². The van der Waals surface area contributed by atoms with Gasteiger partial charge in [-0.2, -0.15) is 0 Å². The second-order valence-electron chi connectivity index (χ2n) is 4.90. The molecule has 0 amide bonds. The van der Waals surface area contributed by atoms with Gasteiger partial charge in [0.05, 0.1) is 22.9 Å². The molecule has 1 aliphatic rings. The molecule has 20 heavy (non-hydrogen) atoms. The van der Waals surface area contributed by atoms with Crippen LogP contribution >= 0.6 is 0 Å². The zero-order chi connectivity index (χ0) is 14.6. The van der Waals surface area contributed by atoms with Crippen LogP contribution in [0.2, 0.25) is 0 Å². The van der Waals surface area contributed by atoms with E-state index in [9.17, 15) is 8.42 Å². The van der Waals surface area contributed by atoms with Crippen LogP contribution in [0.4, 0.5) is 11.4 Å². The molecule has 112 valence electrons. The summed E-state index contributed by atoms with van der Waals surface area (Å²) in [4.78, 5) is 0.190. The summed E-state index contributed by atoms with van der Waals surface area (Å²) in [7, 11) is -2.07. The second kappa shape index (κ2) is 6.43. The van der Waals surface area contributed by atoms with Gasteiger partial charge in [0, 0.05) is 13.2 Å². The zero-order valence-corrected chi connectivity index (χ0v) is 12.4. The first kappa shape index (κ1) is 15.1. The summed E-state index contributed by atoms with van der Waals surface area (Å²) in [6, 6.07) is 4.59. The summed E-state index contributed by atoms with van der Waals surface area (Å²) in [5, 5.41) is 3.10. The van der Waals surface area contributed by atoms with E-state index in [2.05, 4.69) is 10.0 Å². The molecule has 1 aliphatic carbocycles. The maximum absolute atomic E-state index is 11.7. The molecule has 0 aromatic heterocycles. The largest absolute Gasteiger partial charge is 0.397 e. The van der Waals surface area contributed by atoms with Crippen LogP contribution in [0.3, 0.4) is 0 Å². The first-order valence-electron chi connectivity index (χ1n) is 6.67. The summed E-state index contributed by atoms with van der Waals surface area (Å²) in [6.45, 7) is 1.99. The number of anilines is 2. The topological polar surface area (TPSA) is 93.5 Å². The molecule has 0 aliphatic heterocycles. The van der Waals surface area contributed by atoms with Crippen LogP contribution in [0.1, 0.15) is 12.8 Å². The number of hydrogen-bond donors (Lipinski definition) is 3. The Morgan fingerprint density at radius 1 is 1.40 bits per heavy atom. The Bertz CT molecular complexity index is 556. The van der Waals surface area contributed by atoms with E-state index in [1.54, 1.807) is 6.07 Å². The Kier molecular flexibility index (Phi) is 4.85. The molecule has 6 nitrogen and oxygen atoms in total. The molecular formula is C13H21N3O3S. The molecule has 0 bridgehead atoms. The van der Waals surface area contributed by atoms with E-state index in [0.717, 1.165) is 12.5 Å². The van der Waals surface area contributed by atoms with Crippen molar-refractivity contribution < 1.29 is 13.2 Å². The fourth-order valence-corrected chi connectivity index (χ4v) is 2.52. The summed E-state index contributed by atoms with van der Waals surface area (Å²) in [5.41, 5.74) is 6.95. The predicted molar refractivity (Wildman–Crippen MR) is 79.1 cm³/mol. The first-order valence-corrected chi connectivity index (χ1v) is 8.16. The number of nitrogens with one attached hydrogen (secondary N) is 2. The summed E-state index contributed by atoms with van der Waals surface area (Å²) >= 11 is 0. The molecule has 0 unspecified atom stereocenters. The van der Waals surface area contributed by atoms with Gasteiger partial charge in [-0.25, -0.2) is 13.1 Å². The number of nitrogen functional groups attached to an aromatic ring is 1. The highest BCUT2D eigenvalue weighted by Crippen LogP contribution is 2.28. The van der Waals surface area contributed by atoms with E-state index < -0.39 is 10.0 Å². The quantitative estimate of drug-likeness (QED) is 0.492. The Hall–Kier alpha value is -1.31. The Balaban J connectivity index is 1.90. The lowest BCUT2D eigenvalue weighted by Crippen LogP contribution is -2.19. The highest BCUT2D eigenvalue weighted by atomic mass is 32.2. The van der Waals surface area contributed by atoms with Gasteiger partial charge in [0.2, 0.25) is 10.0 Å². The average molecular weight is 299 g/mol. The Morgan fingerprint density at radius 2 is 2.15 bits per heavy atom. The van der Waals surface area contributed by atoms with Crippen molar-refractivity contribution in [1.29, 1.82) is 0 Å². The van der Waals surface area contributed by atoms with Crippen molar-refractivity contribution in [1.82, 2.24) is 4.72 Å². The van der Waals surface area contributed by atoms with Gasteiger partial charge in [-0.05, 0) is 44.0 Å². The summed E-state index contributed by atoms with van der Waals surface area (Å²) in [5.74, 6) is 0.740. The van der Waals surface area contributed by atoms with Crippen molar-refractivity contribution in [2.24, 2.45) is 5.92 Å². The maximum Gasteiger partial charge on any atom is 0.240 e. The van der Waals surface area contributed by atoms with Crippen molar-refractivity contribution in [3.8, 4) is 0 Å². The molecule has 1 aromatic rings. The smallest absolute Gasteiger partial charge is 0.240 e. The van der Waals surface area contributed by atoms with E-state index in [-0.39, 0.29) is 4.90 Å². The maximum atomic E-state index is 11.7. The van der Waals surface area contributed by atoms with Crippen molar-refractivity contribution in [2.45, 2.75) is 17.7 Å². The van der Waals surface area contributed by atoms with Crippen molar-refractivity contribution >= 4 is 21.4 Å². The fraction of sp³-hybridized carbons (Fsp3) is 0.538. The van der Waals surface area contributed by atoms with Crippen LogP contribution in [0.15, 0.2) is 23.1 Å². The van der Waals surface area contributed by atoms with Gasteiger partial charge in [-0.3, -0.25) is 0 Å². The molecule has 0 atom stereocenters. The normalized spacial score (nSPS) is 15.2. The molecule has 4 N–H and O–H groups in total.